The molecule has 0 saturated heterocycles. The van der Waals surface area contributed by atoms with E-state index >= 15 is 0 Å². The average Bonchev–Trinajstić information content (AvgIpc) is 2.86. The molecule has 2 aromatic heterocycles. The lowest BCUT2D eigenvalue weighted by Gasteiger charge is -2.33. The van der Waals surface area contributed by atoms with Gasteiger partial charge in [-0.3, -0.25) is 14.8 Å². The molecule has 4 rings (SSSR count). The highest BCUT2D eigenvalue weighted by molar-refractivity contribution is 6.08. The number of methoxy groups -OCH3 is 2. The van der Waals surface area contributed by atoms with Crippen molar-refractivity contribution in [2.75, 3.05) is 14.2 Å². The lowest BCUT2D eigenvalue weighted by atomic mass is 9.67. The maximum Gasteiger partial charge on any atom is 0.202 e. The first-order chi connectivity index (χ1) is 15.2. The highest BCUT2D eigenvalue weighted by Gasteiger charge is 2.46. The molecule has 5 nitrogen and oxygen atoms in total. The molecule has 0 spiro atoms. The van der Waals surface area contributed by atoms with Gasteiger partial charge in [-0.2, -0.15) is 0 Å². The Labute approximate surface area is 181 Å². The smallest absolute Gasteiger partial charge is 0.202 e. The predicted octanol–water partition coefficient (Wildman–Crippen LogP) is 4.71. The van der Waals surface area contributed by atoms with Crippen molar-refractivity contribution in [3.8, 4) is 11.5 Å². The van der Waals surface area contributed by atoms with Crippen molar-refractivity contribution in [1.82, 2.24) is 9.97 Å². The molecule has 2 aromatic carbocycles. The van der Waals surface area contributed by atoms with Gasteiger partial charge < -0.3 is 9.47 Å². The second-order valence-electron chi connectivity index (χ2n) is 6.97. The van der Waals surface area contributed by atoms with Crippen LogP contribution in [0, 0.1) is 0 Å². The minimum Gasteiger partial charge on any atom is -0.497 e. The summed E-state index contributed by atoms with van der Waals surface area (Å²) in [6, 6.07) is 26.2. The van der Waals surface area contributed by atoms with Crippen molar-refractivity contribution < 1.29 is 14.3 Å². The van der Waals surface area contributed by atoms with Gasteiger partial charge in [0.1, 0.15) is 22.6 Å². The summed E-state index contributed by atoms with van der Waals surface area (Å²) >= 11 is 0. The van der Waals surface area contributed by atoms with Crippen molar-refractivity contribution >= 4 is 5.78 Å². The lowest BCUT2D eigenvalue weighted by Crippen LogP contribution is -2.40. The summed E-state index contributed by atoms with van der Waals surface area (Å²) in [6.07, 6.45) is 3.23. The van der Waals surface area contributed by atoms with E-state index in [1.165, 1.54) is 0 Å². The topological polar surface area (TPSA) is 61.3 Å². The number of hydrogen-bond acceptors (Lipinski definition) is 5. The highest BCUT2D eigenvalue weighted by Crippen LogP contribution is 2.42. The molecule has 2 heterocycles. The first-order valence-electron chi connectivity index (χ1n) is 9.86. The summed E-state index contributed by atoms with van der Waals surface area (Å²) in [5, 5.41) is 0. The fourth-order valence-corrected chi connectivity index (χ4v) is 3.81. The van der Waals surface area contributed by atoms with Crippen LogP contribution < -0.4 is 9.47 Å². The van der Waals surface area contributed by atoms with Crippen LogP contribution >= 0.6 is 0 Å². The standard InChI is InChI=1S/C26H22N2O3/c1-30-21-13-15-27-23(17-21)25(29)26(19-9-5-3-6-10-19,20-11-7-4-8-12-20)24-18-22(31-2)14-16-28-24/h3-18H,1-2H3. The normalized spacial score (nSPS) is 11.0. The molecule has 0 amide bonds. The summed E-state index contributed by atoms with van der Waals surface area (Å²) in [7, 11) is 3.16. The Hall–Kier alpha value is -3.99. The van der Waals surface area contributed by atoms with Crippen LogP contribution in [-0.4, -0.2) is 30.0 Å². The fourth-order valence-electron chi connectivity index (χ4n) is 3.81. The molecule has 0 unspecified atom stereocenters. The number of ketones is 1. The number of aromatic nitrogens is 2. The maximum atomic E-state index is 14.3. The molecule has 154 valence electrons. The molecule has 4 aromatic rings. The van der Waals surface area contributed by atoms with E-state index in [9.17, 15) is 4.79 Å². The van der Waals surface area contributed by atoms with Gasteiger partial charge >= 0.3 is 0 Å². The Morgan fingerprint density at radius 3 is 1.77 bits per heavy atom. The molecule has 0 fully saturated rings. The molecule has 0 N–H and O–H groups in total. The van der Waals surface area contributed by atoms with Gasteiger partial charge in [0.05, 0.1) is 19.9 Å². The molecule has 0 radical (unpaired) electrons. The number of Topliss-reactive ketones (excluding diaryl/α,β-unsaturated/α-hetero) is 1. The Kier molecular flexibility index (Phi) is 5.76. The number of benzene rings is 2. The monoisotopic (exact) mass is 410 g/mol. The summed E-state index contributed by atoms with van der Waals surface area (Å²) in [5.41, 5.74) is 1.19. The molecular weight excluding hydrogens is 388 g/mol. The van der Waals surface area contributed by atoms with Crippen LogP contribution in [0.15, 0.2) is 97.3 Å². The summed E-state index contributed by atoms with van der Waals surface area (Å²) in [5.74, 6) is 0.976. The molecule has 0 saturated carbocycles. The molecule has 0 atom stereocenters. The Morgan fingerprint density at radius 2 is 1.23 bits per heavy atom. The van der Waals surface area contributed by atoms with Crippen molar-refractivity contribution in [3.05, 3.63) is 120 Å². The molecule has 0 bridgehead atoms. The van der Waals surface area contributed by atoms with Crippen LogP contribution in [0.5, 0.6) is 11.5 Å². The van der Waals surface area contributed by atoms with E-state index in [1.807, 2.05) is 60.7 Å². The third kappa shape index (κ3) is 3.66. The zero-order chi connectivity index (χ0) is 21.7. The first-order valence-corrected chi connectivity index (χ1v) is 9.86. The molecule has 0 aliphatic carbocycles. The molecule has 0 aliphatic rings. The number of hydrogen-bond donors (Lipinski definition) is 0. The van der Waals surface area contributed by atoms with E-state index in [4.69, 9.17) is 9.47 Å². The molecule has 31 heavy (non-hydrogen) atoms. The van der Waals surface area contributed by atoms with Gasteiger partial charge in [0.2, 0.25) is 5.78 Å². The molecule has 5 heteroatoms. The Balaban J connectivity index is 2.08. The van der Waals surface area contributed by atoms with Gasteiger partial charge in [0, 0.05) is 24.5 Å². The van der Waals surface area contributed by atoms with Crippen molar-refractivity contribution in [2.24, 2.45) is 0 Å². The number of rotatable bonds is 7. The van der Waals surface area contributed by atoms with Crippen molar-refractivity contribution in [1.29, 1.82) is 0 Å². The van der Waals surface area contributed by atoms with Gasteiger partial charge in [-0.25, -0.2) is 0 Å². The number of ether oxygens (including phenoxy) is 2. The SMILES string of the molecule is COc1ccnc(C(=O)C(c2ccccc2)(c2ccccc2)c2cc(OC)ccn2)c1. The quantitative estimate of drug-likeness (QED) is 0.413. The average molecular weight is 410 g/mol. The van der Waals surface area contributed by atoms with Crippen molar-refractivity contribution in [3.63, 3.8) is 0 Å². The van der Waals surface area contributed by atoms with Gasteiger partial charge in [0.25, 0.3) is 0 Å². The van der Waals surface area contributed by atoms with Gasteiger partial charge in [-0.15, -0.1) is 0 Å². The van der Waals surface area contributed by atoms with Crippen LogP contribution in [-0.2, 0) is 5.41 Å². The molecular formula is C26H22N2O3. The van der Waals surface area contributed by atoms with E-state index < -0.39 is 5.41 Å². The van der Waals surface area contributed by atoms with E-state index in [-0.39, 0.29) is 11.5 Å². The fraction of sp³-hybridized carbons (Fsp3) is 0.115. The summed E-state index contributed by atoms with van der Waals surface area (Å²) in [4.78, 5) is 23.4. The predicted molar refractivity (Wildman–Crippen MR) is 119 cm³/mol. The lowest BCUT2D eigenvalue weighted by molar-refractivity contribution is 0.0927. The zero-order valence-electron chi connectivity index (χ0n) is 17.4. The number of nitrogens with zero attached hydrogens (tertiary/aromatic N) is 2. The van der Waals surface area contributed by atoms with Gasteiger partial charge in [-0.1, -0.05) is 60.7 Å². The van der Waals surface area contributed by atoms with E-state index in [0.717, 1.165) is 11.1 Å². The Bertz CT molecular complexity index is 1140. The van der Waals surface area contributed by atoms with E-state index in [2.05, 4.69) is 9.97 Å². The van der Waals surface area contributed by atoms with Crippen LogP contribution in [0.2, 0.25) is 0 Å². The minimum absolute atomic E-state index is 0.204. The number of pyridine rings is 2. The summed E-state index contributed by atoms with van der Waals surface area (Å²) < 4.78 is 10.8. The second kappa shape index (κ2) is 8.79. The van der Waals surface area contributed by atoms with Crippen LogP contribution in [0.4, 0.5) is 0 Å². The zero-order valence-corrected chi connectivity index (χ0v) is 17.4. The highest BCUT2D eigenvalue weighted by atomic mass is 16.5. The van der Waals surface area contributed by atoms with E-state index in [1.54, 1.807) is 50.9 Å². The second-order valence-corrected chi connectivity index (χ2v) is 6.97. The van der Waals surface area contributed by atoms with Crippen LogP contribution in [0.1, 0.15) is 27.3 Å². The Morgan fingerprint density at radius 1 is 0.710 bits per heavy atom. The van der Waals surface area contributed by atoms with Gasteiger partial charge in [-0.05, 0) is 23.3 Å². The molecule has 0 aliphatic heterocycles. The largest absolute Gasteiger partial charge is 0.497 e. The number of carbonyl (C=O) groups is 1. The van der Waals surface area contributed by atoms with Gasteiger partial charge in [0.15, 0.2) is 0 Å². The van der Waals surface area contributed by atoms with Crippen molar-refractivity contribution in [2.45, 2.75) is 5.41 Å². The first kappa shape index (κ1) is 20.3. The summed E-state index contributed by atoms with van der Waals surface area (Å²) in [6.45, 7) is 0. The van der Waals surface area contributed by atoms with Crippen LogP contribution in [0.25, 0.3) is 0 Å². The van der Waals surface area contributed by atoms with Crippen LogP contribution in [0.3, 0.4) is 0 Å². The maximum absolute atomic E-state index is 14.3. The minimum atomic E-state index is -1.23. The third-order valence-corrected chi connectivity index (χ3v) is 5.31. The number of carbonyl (C=O) groups excluding carboxylic acids is 1. The van der Waals surface area contributed by atoms with E-state index in [0.29, 0.717) is 17.2 Å². The third-order valence-electron chi connectivity index (χ3n) is 5.31.